The maximum absolute atomic E-state index is 11.3. The Bertz CT molecular complexity index is 1000. The molecule has 0 unspecified atom stereocenters. The van der Waals surface area contributed by atoms with Crippen LogP contribution in [0.3, 0.4) is 0 Å². The molecule has 0 saturated heterocycles. The number of aromatic nitrogens is 4. The molecule has 3 heterocycles. The quantitative estimate of drug-likeness (QED) is 0.687. The minimum Gasteiger partial charge on any atom is -0.309 e. The van der Waals surface area contributed by atoms with Crippen molar-refractivity contribution in [2.45, 2.75) is 18.8 Å². The van der Waals surface area contributed by atoms with Crippen molar-refractivity contribution in [2.24, 2.45) is 5.14 Å². The van der Waals surface area contributed by atoms with Gasteiger partial charge in [0.1, 0.15) is 5.69 Å². The minimum atomic E-state index is -3.57. The molecule has 8 nitrogen and oxygen atoms in total. The first-order valence-electron chi connectivity index (χ1n) is 7.90. The summed E-state index contributed by atoms with van der Waals surface area (Å²) in [7, 11) is -3.57. The molecule has 0 radical (unpaired) electrons. The lowest BCUT2D eigenvalue weighted by molar-refractivity contribution is 0.476. The predicted octanol–water partition coefficient (Wildman–Crippen LogP) is 1.05. The number of nitrogens with two attached hydrogens (primary N) is 1. The van der Waals surface area contributed by atoms with Crippen molar-refractivity contribution < 1.29 is 8.42 Å². The Kier molecular flexibility index (Phi) is 5.15. The van der Waals surface area contributed by atoms with Crippen molar-refractivity contribution in [1.29, 1.82) is 0 Å². The summed E-state index contributed by atoms with van der Waals surface area (Å²) >= 11 is 0. The van der Waals surface area contributed by atoms with E-state index in [0.29, 0.717) is 5.56 Å². The summed E-state index contributed by atoms with van der Waals surface area (Å²) in [5, 5.41) is 13.1. The Hall–Kier alpha value is -2.20. The summed E-state index contributed by atoms with van der Waals surface area (Å²) in [6, 6.07) is 9.27. The van der Waals surface area contributed by atoms with E-state index in [9.17, 15) is 8.42 Å². The molecule has 0 spiro atoms. The van der Waals surface area contributed by atoms with Gasteiger partial charge in [-0.25, -0.2) is 18.5 Å². The van der Waals surface area contributed by atoms with Gasteiger partial charge in [-0.3, -0.25) is 9.25 Å². The highest BCUT2D eigenvalue weighted by Crippen LogP contribution is 2.23. The van der Waals surface area contributed by atoms with Gasteiger partial charge in [0.25, 0.3) is 0 Å². The molecule has 0 aliphatic carbocycles. The normalized spacial score (nSPS) is 13.9. The maximum atomic E-state index is 11.3. The highest BCUT2D eigenvalue weighted by atomic mass is 35.5. The van der Waals surface area contributed by atoms with Crippen LogP contribution >= 0.6 is 12.4 Å². The standard InChI is InChI=1S/C16H18N6O2S.ClH/c17-25(23,24)11-12-2-1-3-13(8-12)21-6-5-19-16(21)15-9-14-10-18-4-7-22(14)20-15;/h1-3,5-6,8-9,18H,4,7,10-11H2,(H2,17,23,24);1H. The lowest BCUT2D eigenvalue weighted by Crippen LogP contribution is -2.28. The molecule has 0 atom stereocenters. The fraction of sp³-hybridized carbons (Fsp3) is 0.250. The molecule has 1 aliphatic rings. The van der Waals surface area contributed by atoms with Gasteiger partial charge in [-0.05, 0) is 23.8 Å². The third-order valence-corrected chi connectivity index (χ3v) is 4.83. The van der Waals surface area contributed by atoms with Crippen LogP contribution in [0.1, 0.15) is 11.3 Å². The van der Waals surface area contributed by atoms with Crippen LogP contribution in [-0.2, 0) is 28.9 Å². The van der Waals surface area contributed by atoms with Gasteiger partial charge in [0.15, 0.2) is 5.82 Å². The summed E-state index contributed by atoms with van der Waals surface area (Å²) < 4.78 is 26.6. The molecule has 2 aromatic heterocycles. The Morgan fingerprint density at radius 1 is 1.27 bits per heavy atom. The Labute approximate surface area is 157 Å². The van der Waals surface area contributed by atoms with Gasteiger partial charge >= 0.3 is 0 Å². The molecule has 4 rings (SSSR count). The third-order valence-electron chi connectivity index (χ3n) is 4.10. The second-order valence-corrected chi connectivity index (χ2v) is 7.63. The number of sulfonamides is 1. The number of benzene rings is 1. The van der Waals surface area contributed by atoms with Gasteiger partial charge in [-0.15, -0.1) is 12.4 Å². The van der Waals surface area contributed by atoms with Crippen LogP contribution in [0.15, 0.2) is 42.7 Å². The summed E-state index contributed by atoms with van der Waals surface area (Å²) in [5.41, 5.74) is 3.37. The highest BCUT2D eigenvalue weighted by molar-refractivity contribution is 7.88. The number of imidazole rings is 1. The maximum Gasteiger partial charge on any atom is 0.213 e. The molecule has 0 fully saturated rings. The zero-order chi connectivity index (χ0) is 17.4. The number of fused-ring (bicyclic) bond motifs is 1. The number of hydrogen-bond acceptors (Lipinski definition) is 5. The van der Waals surface area contributed by atoms with E-state index in [0.717, 1.165) is 42.5 Å². The van der Waals surface area contributed by atoms with Crippen LogP contribution in [0.4, 0.5) is 0 Å². The molecule has 3 aromatic rings. The van der Waals surface area contributed by atoms with Crippen molar-refractivity contribution in [3.8, 4) is 17.2 Å². The molecule has 10 heteroatoms. The summed E-state index contributed by atoms with van der Waals surface area (Å²) in [5.74, 6) is 0.518. The molecule has 0 saturated carbocycles. The summed E-state index contributed by atoms with van der Waals surface area (Å²) in [6.45, 7) is 2.52. The molecule has 0 bridgehead atoms. The first kappa shape index (κ1) is 18.6. The van der Waals surface area contributed by atoms with Crippen LogP contribution in [0.5, 0.6) is 0 Å². The largest absolute Gasteiger partial charge is 0.309 e. The second kappa shape index (κ2) is 7.20. The number of nitrogens with zero attached hydrogens (tertiary/aromatic N) is 4. The van der Waals surface area contributed by atoms with E-state index in [4.69, 9.17) is 5.14 Å². The second-order valence-electron chi connectivity index (χ2n) is 6.02. The molecule has 26 heavy (non-hydrogen) atoms. The fourth-order valence-corrected chi connectivity index (χ4v) is 3.68. The van der Waals surface area contributed by atoms with Gasteiger partial charge in [0, 0.05) is 31.2 Å². The van der Waals surface area contributed by atoms with E-state index in [1.807, 2.05) is 33.6 Å². The SMILES string of the molecule is Cl.NS(=O)(=O)Cc1cccc(-n2ccnc2-c2cc3n(n2)CCNC3)c1. The van der Waals surface area contributed by atoms with Crippen molar-refractivity contribution in [3.05, 3.63) is 54.0 Å². The number of halogens is 1. The van der Waals surface area contributed by atoms with E-state index in [1.165, 1.54) is 0 Å². The molecule has 0 amide bonds. The van der Waals surface area contributed by atoms with Gasteiger partial charge in [0.2, 0.25) is 10.0 Å². The Morgan fingerprint density at radius 2 is 2.12 bits per heavy atom. The number of hydrogen-bond donors (Lipinski definition) is 2. The molecule has 1 aromatic carbocycles. The van der Waals surface area contributed by atoms with Crippen LogP contribution in [-0.4, -0.2) is 34.3 Å². The molecular formula is C16H19ClN6O2S. The summed E-state index contributed by atoms with van der Waals surface area (Å²) in [4.78, 5) is 4.43. The number of rotatable bonds is 4. The van der Waals surface area contributed by atoms with Gasteiger partial charge < -0.3 is 5.32 Å². The van der Waals surface area contributed by atoms with Gasteiger partial charge in [-0.2, -0.15) is 5.10 Å². The Balaban J connectivity index is 0.00000196. The van der Waals surface area contributed by atoms with E-state index in [1.54, 1.807) is 18.3 Å². The average molecular weight is 395 g/mol. The van der Waals surface area contributed by atoms with Crippen LogP contribution in [0.2, 0.25) is 0 Å². The predicted molar refractivity (Wildman–Crippen MR) is 101 cm³/mol. The number of nitrogens with one attached hydrogen (secondary N) is 1. The lowest BCUT2D eigenvalue weighted by Gasteiger charge is -2.13. The first-order valence-corrected chi connectivity index (χ1v) is 9.62. The van der Waals surface area contributed by atoms with Gasteiger partial charge in [-0.1, -0.05) is 12.1 Å². The van der Waals surface area contributed by atoms with Crippen LogP contribution in [0.25, 0.3) is 17.2 Å². The van der Waals surface area contributed by atoms with Crippen molar-refractivity contribution >= 4 is 22.4 Å². The van der Waals surface area contributed by atoms with E-state index in [2.05, 4.69) is 15.4 Å². The molecule has 3 N–H and O–H groups in total. The zero-order valence-corrected chi connectivity index (χ0v) is 15.5. The third kappa shape index (κ3) is 3.80. The number of primary sulfonamides is 1. The van der Waals surface area contributed by atoms with E-state index in [-0.39, 0.29) is 18.2 Å². The van der Waals surface area contributed by atoms with Gasteiger partial charge in [0.05, 0.1) is 18.0 Å². The molecular weight excluding hydrogens is 376 g/mol. The zero-order valence-electron chi connectivity index (χ0n) is 13.9. The minimum absolute atomic E-state index is 0. The molecule has 138 valence electrons. The van der Waals surface area contributed by atoms with Crippen molar-refractivity contribution in [3.63, 3.8) is 0 Å². The summed E-state index contributed by atoms with van der Waals surface area (Å²) in [6.07, 6.45) is 3.54. The fourth-order valence-electron chi connectivity index (χ4n) is 3.03. The van der Waals surface area contributed by atoms with Crippen molar-refractivity contribution in [2.75, 3.05) is 6.54 Å². The van der Waals surface area contributed by atoms with E-state index < -0.39 is 10.0 Å². The lowest BCUT2D eigenvalue weighted by atomic mass is 10.2. The topological polar surface area (TPSA) is 108 Å². The molecule has 1 aliphatic heterocycles. The smallest absolute Gasteiger partial charge is 0.213 e. The highest BCUT2D eigenvalue weighted by Gasteiger charge is 2.17. The first-order chi connectivity index (χ1) is 12.0. The Morgan fingerprint density at radius 3 is 2.88 bits per heavy atom. The monoisotopic (exact) mass is 394 g/mol. The van der Waals surface area contributed by atoms with Crippen molar-refractivity contribution in [1.82, 2.24) is 24.6 Å². The van der Waals surface area contributed by atoms with Crippen LogP contribution in [0, 0.1) is 0 Å². The average Bonchev–Trinajstić information content (AvgIpc) is 3.20. The van der Waals surface area contributed by atoms with Crippen LogP contribution < -0.4 is 10.5 Å². The van der Waals surface area contributed by atoms with E-state index >= 15 is 0 Å².